The molecule has 0 aliphatic heterocycles. The van der Waals surface area contributed by atoms with E-state index in [1.807, 2.05) is 13.8 Å². The average Bonchev–Trinajstić information content (AvgIpc) is 2.23. The van der Waals surface area contributed by atoms with E-state index in [4.69, 9.17) is 0 Å². The lowest BCUT2D eigenvalue weighted by atomic mass is 9.75. The fourth-order valence-corrected chi connectivity index (χ4v) is 2.09. The van der Waals surface area contributed by atoms with Crippen LogP contribution < -0.4 is 10.0 Å². The van der Waals surface area contributed by atoms with E-state index in [1.165, 1.54) is 18.9 Å². The SMILES string of the molecule is CSN[C@H](C(=O)N[C@@H](CC(C)C)B(O)O)[C@@H](C)O. The summed E-state index contributed by atoms with van der Waals surface area (Å²) in [5.74, 6) is -0.962. The molecule has 0 unspecified atom stereocenters. The number of carbonyl (C=O) groups is 1. The highest BCUT2D eigenvalue weighted by molar-refractivity contribution is 7.96. The van der Waals surface area contributed by atoms with Crippen LogP contribution in [0.25, 0.3) is 0 Å². The Morgan fingerprint density at radius 2 is 1.89 bits per heavy atom. The summed E-state index contributed by atoms with van der Waals surface area (Å²) in [6.45, 7) is 5.35. The Kier molecular flexibility index (Phi) is 8.63. The van der Waals surface area contributed by atoms with Gasteiger partial charge in [0.05, 0.1) is 12.0 Å². The zero-order valence-electron chi connectivity index (χ0n) is 11.3. The highest BCUT2D eigenvalue weighted by Gasteiger charge is 2.30. The number of carbonyl (C=O) groups excluding carboxylic acids is 1. The van der Waals surface area contributed by atoms with Crippen LogP contribution in [-0.4, -0.2) is 52.5 Å². The van der Waals surface area contributed by atoms with Gasteiger partial charge in [-0.25, -0.2) is 4.72 Å². The Morgan fingerprint density at radius 3 is 2.22 bits per heavy atom. The molecule has 0 aromatic rings. The molecule has 0 rings (SSSR count). The molecular formula is C10H23BN2O4S. The first-order valence-electron chi connectivity index (χ1n) is 5.92. The molecule has 0 aliphatic rings. The predicted molar refractivity (Wildman–Crippen MR) is 73.7 cm³/mol. The first-order valence-corrected chi connectivity index (χ1v) is 7.15. The van der Waals surface area contributed by atoms with Crippen molar-refractivity contribution in [3.8, 4) is 0 Å². The van der Waals surface area contributed by atoms with Crippen LogP contribution in [0.2, 0.25) is 0 Å². The summed E-state index contributed by atoms with van der Waals surface area (Å²) in [5.41, 5.74) is 0. The molecule has 0 fully saturated rings. The normalized spacial score (nSPS) is 16.2. The van der Waals surface area contributed by atoms with Crippen LogP contribution >= 0.6 is 11.9 Å². The lowest BCUT2D eigenvalue weighted by molar-refractivity contribution is -0.125. The number of aliphatic hydroxyl groups is 1. The highest BCUT2D eigenvalue weighted by atomic mass is 32.2. The Morgan fingerprint density at radius 1 is 1.33 bits per heavy atom. The fourth-order valence-electron chi connectivity index (χ4n) is 1.53. The molecule has 0 saturated heterocycles. The van der Waals surface area contributed by atoms with E-state index in [0.717, 1.165) is 0 Å². The zero-order chi connectivity index (χ0) is 14.3. The molecule has 0 aromatic heterocycles. The van der Waals surface area contributed by atoms with Gasteiger partial charge in [-0.3, -0.25) is 4.79 Å². The Hall–Kier alpha value is -0.275. The lowest BCUT2D eigenvalue weighted by Crippen LogP contribution is -2.55. The Bertz CT molecular complexity index is 254. The molecule has 3 atom stereocenters. The zero-order valence-corrected chi connectivity index (χ0v) is 12.1. The number of hydrogen-bond acceptors (Lipinski definition) is 6. The van der Waals surface area contributed by atoms with Crippen LogP contribution in [0.15, 0.2) is 0 Å². The number of amides is 1. The molecule has 0 saturated carbocycles. The third-order valence-electron chi connectivity index (χ3n) is 2.42. The van der Waals surface area contributed by atoms with Gasteiger partial charge in [0, 0.05) is 0 Å². The summed E-state index contributed by atoms with van der Waals surface area (Å²) >= 11 is 1.22. The van der Waals surface area contributed by atoms with Gasteiger partial charge in [0.2, 0.25) is 5.91 Å². The van der Waals surface area contributed by atoms with Crippen LogP contribution in [0.4, 0.5) is 0 Å². The van der Waals surface area contributed by atoms with Gasteiger partial charge in [0.15, 0.2) is 0 Å². The third kappa shape index (κ3) is 6.60. The molecule has 6 nitrogen and oxygen atoms in total. The van der Waals surface area contributed by atoms with E-state index in [-0.39, 0.29) is 5.92 Å². The van der Waals surface area contributed by atoms with E-state index in [1.54, 1.807) is 6.26 Å². The molecule has 0 heterocycles. The quantitative estimate of drug-likeness (QED) is 0.293. The van der Waals surface area contributed by atoms with Crippen molar-refractivity contribution in [1.82, 2.24) is 10.0 Å². The van der Waals surface area contributed by atoms with Crippen molar-refractivity contribution >= 4 is 25.0 Å². The molecule has 5 N–H and O–H groups in total. The molecule has 106 valence electrons. The van der Waals surface area contributed by atoms with Crippen molar-refractivity contribution in [3.05, 3.63) is 0 Å². The maximum Gasteiger partial charge on any atom is 0.475 e. The van der Waals surface area contributed by atoms with E-state index in [9.17, 15) is 19.9 Å². The van der Waals surface area contributed by atoms with Crippen molar-refractivity contribution in [3.63, 3.8) is 0 Å². The minimum absolute atomic E-state index is 0.218. The van der Waals surface area contributed by atoms with Crippen LogP contribution in [0.3, 0.4) is 0 Å². The Labute approximate surface area is 113 Å². The van der Waals surface area contributed by atoms with Gasteiger partial charge in [-0.1, -0.05) is 25.8 Å². The highest BCUT2D eigenvalue weighted by Crippen LogP contribution is 2.07. The van der Waals surface area contributed by atoms with Crippen molar-refractivity contribution < 1.29 is 19.9 Å². The van der Waals surface area contributed by atoms with Gasteiger partial charge in [-0.05, 0) is 25.5 Å². The Balaban J connectivity index is 4.55. The van der Waals surface area contributed by atoms with E-state index >= 15 is 0 Å². The third-order valence-corrected chi connectivity index (χ3v) is 2.91. The molecule has 18 heavy (non-hydrogen) atoms. The van der Waals surface area contributed by atoms with Crippen molar-refractivity contribution in [2.24, 2.45) is 5.92 Å². The molecule has 0 radical (unpaired) electrons. The molecule has 1 amide bonds. The van der Waals surface area contributed by atoms with Crippen molar-refractivity contribution in [1.29, 1.82) is 0 Å². The molecular weight excluding hydrogens is 255 g/mol. The first kappa shape index (κ1) is 17.7. The van der Waals surface area contributed by atoms with Gasteiger partial charge in [0.25, 0.3) is 0 Å². The largest absolute Gasteiger partial charge is 0.475 e. The molecule has 0 bridgehead atoms. The second-order valence-corrected chi connectivity index (χ2v) is 5.34. The van der Waals surface area contributed by atoms with Gasteiger partial charge >= 0.3 is 7.12 Å². The van der Waals surface area contributed by atoms with Crippen molar-refractivity contribution in [2.45, 2.75) is 45.3 Å². The topological polar surface area (TPSA) is 102 Å². The van der Waals surface area contributed by atoms with Gasteiger partial charge in [0.1, 0.15) is 6.04 Å². The van der Waals surface area contributed by atoms with Crippen LogP contribution in [0, 0.1) is 5.92 Å². The number of rotatable bonds is 8. The van der Waals surface area contributed by atoms with Crippen LogP contribution in [-0.2, 0) is 4.79 Å². The maximum atomic E-state index is 11.9. The lowest BCUT2D eigenvalue weighted by Gasteiger charge is -2.24. The summed E-state index contributed by atoms with van der Waals surface area (Å²) in [6, 6.07) is -0.784. The summed E-state index contributed by atoms with van der Waals surface area (Å²) in [7, 11) is -1.61. The standard InChI is InChI=1S/C10H23BN2O4S/c1-6(2)5-8(11(16)17)12-10(15)9(7(3)14)13-18-4/h6-9,13-14,16-17H,5H2,1-4H3,(H,12,15)/t7-,8+,9+/m1/s1. The first-order chi connectivity index (χ1) is 8.29. The molecule has 0 aliphatic carbocycles. The fraction of sp³-hybridized carbons (Fsp3) is 0.900. The summed E-state index contributed by atoms with van der Waals surface area (Å²) < 4.78 is 2.77. The second-order valence-electron chi connectivity index (χ2n) is 4.70. The number of nitrogens with one attached hydrogen (secondary N) is 2. The van der Waals surface area contributed by atoms with E-state index in [0.29, 0.717) is 6.42 Å². The van der Waals surface area contributed by atoms with E-state index in [2.05, 4.69) is 10.0 Å². The minimum Gasteiger partial charge on any atom is -0.426 e. The minimum atomic E-state index is -1.61. The molecule has 8 heteroatoms. The monoisotopic (exact) mass is 278 g/mol. The van der Waals surface area contributed by atoms with E-state index < -0.39 is 31.1 Å². The average molecular weight is 278 g/mol. The summed E-state index contributed by atoms with van der Waals surface area (Å²) in [6.07, 6.45) is 1.33. The predicted octanol–water partition coefficient (Wildman–Crippen LogP) is -0.854. The van der Waals surface area contributed by atoms with Crippen molar-refractivity contribution in [2.75, 3.05) is 6.26 Å². The summed E-state index contributed by atoms with van der Waals surface area (Å²) in [5, 5.41) is 30.5. The molecule has 0 spiro atoms. The second kappa shape index (κ2) is 8.76. The summed E-state index contributed by atoms with van der Waals surface area (Å²) in [4.78, 5) is 11.9. The maximum absolute atomic E-state index is 11.9. The van der Waals surface area contributed by atoms with Crippen LogP contribution in [0.1, 0.15) is 27.2 Å². The smallest absolute Gasteiger partial charge is 0.426 e. The number of aliphatic hydroxyl groups excluding tert-OH is 1. The van der Waals surface area contributed by atoms with Gasteiger partial charge in [-0.15, -0.1) is 0 Å². The van der Waals surface area contributed by atoms with Gasteiger partial charge in [-0.2, -0.15) is 0 Å². The van der Waals surface area contributed by atoms with Crippen LogP contribution in [0.5, 0.6) is 0 Å². The molecule has 0 aromatic carbocycles. The number of hydrogen-bond donors (Lipinski definition) is 5. The van der Waals surface area contributed by atoms with Gasteiger partial charge < -0.3 is 20.5 Å².